The van der Waals surface area contributed by atoms with Crippen LogP contribution in [0.2, 0.25) is 0 Å². The summed E-state index contributed by atoms with van der Waals surface area (Å²) in [5.74, 6) is 0.184. The Kier molecular flexibility index (Phi) is 4.24. The second-order valence-corrected chi connectivity index (χ2v) is 3.22. The van der Waals surface area contributed by atoms with Crippen molar-refractivity contribution in [1.82, 2.24) is 0 Å². The molecule has 0 saturated carbocycles. The van der Waals surface area contributed by atoms with E-state index in [1.807, 2.05) is 0 Å². The first-order valence-corrected chi connectivity index (χ1v) is 5.01. The molecule has 15 heavy (non-hydrogen) atoms. The molecule has 1 rings (SSSR count). The molecule has 1 aromatic rings. The standard InChI is InChI=1S/C11H12O3S/c1-14-11(13)9-5-4-8(3-2-6-15)10(12)7-9/h2-5,7,12,15H,6H2,1H3. The quantitative estimate of drug-likeness (QED) is 0.610. The van der Waals surface area contributed by atoms with E-state index in [2.05, 4.69) is 17.4 Å². The molecule has 0 amide bonds. The van der Waals surface area contributed by atoms with Crippen LogP contribution in [0.1, 0.15) is 15.9 Å². The number of thiol groups is 1. The van der Waals surface area contributed by atoms with Crippen LogP contribution in [-0.2, 0) is 4.74 Å². The lowest BCUT2D eigenvalue weighted by Crippen LogP contribution is -2.00. The molecule has 0 bridgehead atoms. The van der Waals surface area contributed by atoms with Crippen LogP contribution in [0.5, 0.6) is 5.75 Å². The topological polar surface area (TPSA) is 46.5 Å². The number of esters is 1. The number of hydrogen-bond acceptors (Lipinski definition) is 4. The van der Waals surface area contributed by atoms with Crippen molar-refractivity contribution in [3.8, 4) is 5.75 Å². The summed E-state index contributed by atoms with van der Waals surface area (Å²) < 4.78 is 4.53. The molecule has 1 aromatic carbocycles. The minimum Gasteiger partial charge on any atom is -0.507 e. The Bertz CT molecular complexity index is 385. The lowest BCUT2D eigenvalue weighted by atomic mass is 10.1. The molecule has 0 aromatic heterocycles. The molecule has 0 aliphatic heterocycles. The maximum Gasteiger partial charge on any atom is 0.337 e. The van der Waals surface area contributed by atoms with Crippen molar-refractivity contribution < 1.29 is 14.6 Å². The van der Waals surface area contributed by atoms with Crippen molar-refractivity contribution in [2.45, 2.75) is 0 Å². The fourth-order valence-corrected chi connectivity index (χ4v) is 1.21. The molecule has 80 valence electrons. The van der Waals surface area contributed by atoms with Crippen LogP contribution in [0.15, 0.2) is 24.3 Å². The average Bonchev–Trinajstić information content (AvgIpc) is 2.26. The number of ether oxygens (including phenoxy) is 1. The number of benzene rings is 1. The molecule has 1 N–H and O–H groups in total. The van der Waals surface area contributed by atoms with E-state index in [9.17, 15) is 9.90 Å². The summed E-state index contributed by atoms with van der Waals surface area (Å²) in [6, 6.07) is 4.63. The molecule has 4 heteroatoms. The van der Waals surface area contributed by atoms with E-state index in [0.29, 0.717) is 16.9 Å². The normalized spacial score (nSPS) is 10.5. The SMILES string of the molecule is COC(=O)c1ccc(C=CCS)c(O)c1. The van der Waals surface area contributed by atoms with Crippen LogP contribution >= 0.6 is 12.6 Å². The van der Waals surface area contributed by atoms with Gasteiger partial charge in [-0.25, -0.2) is 4.79 Å². The lowest BCUT2D eigenvalue weighted by molar-refractivity contribution is 0.0600. The fraction of sp³-hybridized carbons (Fsp3) is 0.182. The highest BCUT2D eigenvalue weighted by Crippen LogP contribution is 2.20. The fourth-order valence-electron chi connectivity index (χ4n) is 1.11. The smallest absolute Gasteiger partial charge is 0.337 e. The number of aromatic hydroxyl groups is 1. The van der Waals surface area contributed by atoms with Gasteiger partial charge in [0.25, 0.3) is 0 Å². The minimum absolute atomic E-state index is 0.0518. The zero-order valence-electron chi connectivity index (χ0n) is 8.30. The first kappa shape index (κ1) is 11.7. The summed E-state index contributed by atoms with van der Waals surface area (Å²) in [5.41, 5.74) is 0.981. The molecule has 0 unspecified atom stereocenters. The Hall–Kier alpha value is -1.42. The predicted octanol–water partition coefficient (Wildman–Crippen LogP) is 2.12. The van der Waals surface area contributed by atoms with Gasteiger partial charge in [0.1, 0.15) is 5.75 Å². The van der Waals surface area contributed by atoms with E-state index in [1.165, 1.54) is 13.2 Å². The number of phenolic OH excluding ortho intramolecular Hbond substituents is 1. The Morgan fingerprint density at radius 3 is 2.87 bits per heavy atom. The summed E-state index contributed by atoms with van der Waals surface area (Å²) in [4.78, 5) is 11.1. The summed E-state index contributed by atoms with van der Waals surface area (Å²) >= 11 is 4.01. The van der Waals surface area contributed by atoms with Crippen LogP contribution in [-0.4, -0.2) is 23.9 Å². The number of phenols is 1. The summed E-state index contributed by atoms with van der Waals surface area (Å²) in [6.07, 6.45) is 3.54. The van der Waals surface area contributed by atoms with Gasteiger partial charge in [0.05, 0.1) is 12.7 Å². The summed E-state index contributed by atoms with van der Waals surface area (Å²) in [6.45, 7) is 0. The molecule has 0 aliphatic carbocycles. The molecule has 0 radical (unpaired) electrons. The maximum atomic E-state index is 11.1. The van der Waals surface area contributed by atoms with Crippen LogP contribution < -0.4 is 0 Å². The van der Waals surface area contributed by atoms with Gasteiger partial charge in [-0.15, -0.1) is 0 Å². The van der Waals surface area contributed by atoms with Crippen molar-refractivity contribution in [2.75, 3.05) is 12.9 Å². The minimum atomic E-state index is -0.463. The van der Waals surface area contributed by atoms with Crippen molar-refractivity contribution in [3.63, 3.8) is 0 Å². The third-order valence-corrected chi connectivity index (χ3v) is 2.07. The molecule has 0 atom stereocenters. The lowest BCUT2D eigenvalue weighted by Gasteiger charge is -2.02. The van der Waals surface area contributed by atoms with Gasteiger partial charge in [-0.05, 0) is 12.1 Å². The Morgan fingerprint density at radius 1 is 1.60 bits per heavy atom. The predicted molar refractivity (Wildman–Crippen MR) is 62.3 cm³/mol. The van der Waals surface area contributed by atoms with E-state index in [0.717, 1.165) is 0 Å². The summed E-state index contributed by atoms with van der Waals surface area (Å²) in [7, 11) is 1.30. The number of methoxy groups -OCH3 is 1. The highest BCUT2D eigenvalue weighted by Gasteiger charge is 2.07. The molecule has 0 heterocycles. The van der Waals surface area contributed by atoms with Crippen LogP contribution in [0.4, 0.5) is 0 Å². The third kappa shape index (κ3) is 3.02. The Labute approximate surface area is 93.8 Å². The Morgan fingerprint density at radius 2 is 2.33 bits per heavy atom. The van der Waals surface area contributed by atoms with E-state index in [4.69, 9.17) is 0 Å². The largest absolute Gasteiger partial charge is 0.507 e. The molecule has 0 aliphatic rings. The van der Waals surface area contributed by atoms with Gasteiger partial charge in [0, 0.05) is 11.3 Å². The third-order valence-electron chi connectivity index (χ3n) is 1.85. The highest BCUT2D eigenvalue weighted by atomic mass is 32.1. The number of hydrogen-bond donors (Lipinski definition) is 2. The van der Waals surface area contributed by atoms with Gasteiger partial charge >= 0.3 is 5.97 Å². The van der Waals surface area contributed by atoms with E-state index >= 15 is 0 Å². The molecule has 0 spiro atoms. The van der Waals surface area contributed by atoms with Gasteiger partial charge < -0.3 is 9.84 Å². The maximum absolute atomic E-state index is 11.1. The van der Waals surface area contributed by atoms with Crippen molar-refractivity contribution in [2.24, 2.45) is 0 Å². The van der Waals surface area contributed by atoms with Crippen LogP contribution in [0, 0.1) is 0 Å². The van der Waals surface area contributed by atoms with Crippen molar-refractivity contribution in [1.29, 1.82) is 0 Å². The van der Waals surface area contributed by atoms with Crippen molar-refractivity contribution in [3.05, 3.63) is 35.4 Å². The van der Waals surface area contributed by atoms with Gasteiger partial charge in [-0.1, -0.05) is 18.2 Å². The first-order valence-electron chi connectivity index (χ1n) is 4.37. The molecular weight excluding hydrogens is 212 g/mol. The zero-order chi connectivity index (χ0) is 11.3. The van der Waals surface area contributed by atoms with E-state index < -0.39 is 5.97 Å². The van der Waals surface area contributed by atoms with E-state index in [1.54, 1.807) is 24.3 Å². The zero-order valence-corrected chi connectivity index (χ0v) is 9.20. The monoisotopic (exact) mass is 224 g/mol. The molecule has 3 nitrogen and oxygen atoms in total. The highest BCUT2D eigenvalue weighted by molar-refractivity contribution is 7.80. The molecule has 0 fully saturated rings. The molecule has 0 saturated heterocycles. The van der Waals surface area contributed by atoms with Gasteiger partial charge in [0.15, 0.2) is 0 Å². The van der Waals surface area contributed by atoms with Gasteiger partial charge in [-0.2, -0.15) is 12.6 Å². The molecular formula is C11H12O3S. The van der Waals surface area contributed by atoms with Crippen LogP contribution in [0.25, 0.3) is 6.08 Å². The number of carbonyl (C=O) groups is 1. The average molecular weight is 224 g/mol. The first-order chi connectivity index (χ1) is 7.19. The van der Waals surface area contributed by atoms with Gasteiger partial charge in [-0.3, -0.25) is 0 Å². The number of carbonyl (C=O) groups excluding carboxylic acids is 1. The summed E-state index contributed by atoms with van der Waals surface area (Å²) in [5, 5.41) is 9.58. The van der Waals surface area contributed by atoms with E-state index in [-0.39, 0.29) is 5.75 Å². The Balaban J connectivity index is 2.98. The number of rotatable bonds is 3. The van der Waals surface area contributed by atoms with Gasteiger partial charge in [0.2, 0.25) is 0 Å². The second-order valence-electron chi connectivity index (χ2n) is 2.85. The van der Waals surface area contributed by atoms with Crippen LogP contribution in [0.3, 0.4) is 0 Å². The van der Waals surface area contributed by atoms with Crippen molar-refractivity contribution >= 4 is 24.7 Å². The second kappa shape index (κ2) is 5.46.